The lowest BCUT2D eigenvalue weighted by molar-refractivity contribution is 0.472. The van der Waals surface area contributed by atoms with Crippen LogP contribution in [0.15, 0.2) is 35.3 Å². The first kappa shape index (κ1) is 16.3. The van der Waals surface area contributed by atoms with Crippen LogP contribution in [0.4, 0.5) is 0 Å². The van der Waals surface area contributed by atoms with Gasteiger partial charge in [0.05, 0.1) is 22.2 Å². The van der Waals surface area contributed by atoms with Crippen LogP contribution < -0.4 is 5.69 Å². The minimum Gasteiger partial charge on any atom is -0.290 e. The molecule has 0 saturated heterocycles. The Morgan fingerprint density at radius 3 is 2.71 bits per heavy atom. The van der Waals surface area contributed by atoms with Crippen LogP contribution in [0.3, 0.4) is 0 Å². The molecular weight excluding hydrogens is 324 g/mol. The Bertz CT molecular complexity index is 992. The molecule has 2 heterocycles. The van der Waals surface area contributed by atoms with Gasteiger partial charge >= 0.3 is 5.69 Å². The molecule has 0 radical (unpaired) electrons. The van der Waals surface area contributed by atoms with Crippen molar-refractivity contribution in [2.24, 2.45) is 0 Å². The number of benzene rings is 1. The molecule has 122 valence electrons. The normalized spacial score (nSPS) is 11.1. The summed E-state index contributed by atoms with van der Waals surface area (Å²) in [6, 6.07) is 9.47. The molecule has 24 heavy (non-hydrogen) atoms. The minimum atomic E-state index is -0.204. The van der Waals surface area contributed by atoms with Crippen LogP contribution >= 0.6 is 11.6 Å². The second-order valence-electron chi connectivity index (χ2n) is 5.61. The third kappa shape index (κ3) is 2.49. The maximum Gasteiger partial charge on any atom is 0.327 e. The fourth-order valence-corrected chi connectivity index (χ4v) is 3.36. The third-order valence-corrected chi connectivity index (χ3v) is 4.60. The number of imidazole rings is 1. The highest BCUT2D eigenvalue weighted by Crippen LogP contribution is 2.36. The number of aromatic nitrogens is 3. The van der Waals surface area contributed by atoms with Crippen LogP contribution in [-0.4, -0.2) is 14.5 Å². The van der Waals surface area contributed by atoms with Crippen molar-refractivity contribution in [3.05, 3.63) is 51.5 Å². The van der Waals surface area contributed by atoms with Gasteiger partial charge < -0.3 is 0 Å². The number of rotatable bonds is 4. The van der Waals surface area contributed by atoms with E-state index in [9.17, 15) is 10.1 Å². The van der Waals surface area contributed by atoms with Gasteiger partial charge in [-0.05, 0) is 18.9 Å². The molecule has 0 spiro atoms. The molecule has 2 aromatic heterocycles. The van der Waals surface area contributed by atoms with Crippen molar-refractivity contribution in [2.75, 3.05) is 0 Å². The van der Waals surface area contributed by atoms with Gasteiger partial charge in [-0.15, -0.1) is 0 Å². The summed E-state index contributed by atoms with van der Waals surface area (Å²) in [7, 11) is 0. The smallest absolute Gasteiger partial charge is 0.290 e. The predicted molar refractivity (Wildman–Crippen MR) is 95.1 cm³/mol. The Kier molecular flexibility index (Phi) is 4.41. The number of hydrogen-bond acceptors (Lipinski definition) is 3. The topological polar surface area (TPSA) is 74.5 Å². The van der Waals surface area contributed by atoms with E-state index in [0.29, 0.717) is 32.9 Å². The van der Waals surface area contributed by atoms with Crippen molar-refractivity contribution in [1.29, 1.82) is 5.26 Å². The average Bonchev–Trinajstić information content (AvgIpc) is 2.93. The van der Waals surface area contributed by atoms with Crippen molar-refractivity contribution in [3.63, 3.8) is 0 Å². The van der Waals surface area contributed by atoms with E-state index in [1.807, 2.05) is 26.0 Å². The van der Waals surface area contributed by atoms with E-state index in [2.05, 4.69) is 16.0 Å². The summed E-state index contributed by atoms with van der Waals surface area (Å²) in [6.45, 7) is 4.08. The minimum absolute atomic E-state index is 0.0412. The van der Waals surface area contributed by atoms with Gasteiger partial charge in [0.2, 0.25) is 0 Å². The molecule has 1 aromatic carbocycles. The van der Waals surface area contributed by atoms with Crippen LogP contribution in [0.5, 0.6) is 0 Å². The summed E-state index contributed by atoms with van der Waals surface area (Å²) in [4.78, 5) is 19.6. The number of nitriles is 1. The van der Waals surface area contributed by atoms with E-state index in [1.54, 1.807) is 16.7 Å². The second-order valence-corrected chi connectivity index (χ2v) is 6.01. The first-order valence-corrected chi connectivity index (χ1v) is 8.28. The Balaban J connectivity index is 2.46. The largest absolute Gasteiger partial charge is 0.327 e. The summed E-state index contributed by atoms with van der Waals surface area (Å²) < 4.78 is 1.72. The highest BCUT2D eigenvalue weighted by Gasteiger charge is 2.22. The third-order valence-electron chi connectivity index (χ3n) is 4.32. The number of H-pyrrole nitrogens is 1. The summed E-state index contributed by atoms with van der Waals surface area (Å²) in [5, 5.41) is 9.85. The van der Waals surface area contributed by atoms with Crippen molar-refractivity contribution >= 4 is 22.8 Å². The number of halogens is 1. The molecule has 0 amide bonds. The first-order valence-electron chi connectivity index (χ1n) is 7.90. The standard InChI is InChI=1S/C18H17ClN4O/c1-3-12(4-2)23-16-15(13-8-6-5-7-11(13)9-20)14(19)10-21-17(16)22-18(23)24/h5-8,10,12H,3-4H2,1-2H3,(H,21,22,24). The summed E-state index contributed by atoms with van der Waals surface area (Å²) in [5.74, 6) is 0. The second kappa shape index (κ2) is 6.50. The lowest BCUT2D eigenvalue weighted by Crippen LogP contribution is -2.21. The van der Waals surface area contributed by atoms with Gasteiger partial charge in [-0.2, -0.15) is 5.26 Å². The highest BCUT2D eigenvalue weighted by atomic mass is 35.5. The Morgan fingerprint density at radius 2 is 2.04 bits per heavy atom. The zero-order valence-electron chi connectivity index (χ0n) is 13.5. The quantitative estimate of drug-likeness (QED) is 0.770. The molecule has 5 nitrogen and oxygen atoms in total. The number of pyridine rings is 1. The van der Waals surface area contributed by atoms with Crippen LogP contribution in [-0.2, 0) is 0 Å². The molecule has 3 rings (SSSR count). The van der Waals surface area contributed by atoms with Crippen LogP contribution in [0.2, 0.25) is 5.02 Å². The van der Waals surface area contributed by atoms with Crippen molar-refractivity contribution in [2.45, 2.75) is 32.7 Å². The van der Waals surface area contributed by atoms with Crippen molar-refractivity contribution in [1.82, 2.24) is 14.5 Å². The lowest BCUT2D eigenvalue weighted by Gasteiger charge is -2.17. The van der Waals surface area contributed by atoms with Gasteiger partial charge in [-0.25, -0.2) is 9.78 Å². The van der Waals surface area contributed by atoms with Gasteiger partial charge in [0.1, 0.15) is 0 Å². The molecule has 0 aliphatic carbocycles. The van der Waals surface area contributed by atoms with Gasteiger partial charge in [-0.3, -0.25) is 9.55 Å². The van der Waals surface area contributed by atoms with E-state index < -0.39 is 0 Å². The summed E-state index contributed by atoms with van der Waals surface area (Å²) in [6.07, 6.45) is 3.14. The molecule has 0 bridgehead atoms. The monoisotopic (exact) mass is 340 g/mol. The fraction of sp³-hybridized carbons (Fsp3) is 0.278. The van der Waals surface area contributed by atoms with E-state index >= 15 is 0 Å². The molecule has 0 atom stereocenters. The number of aromatic amines is 1. The summed E-state index contributed by atoms with van der Waals surface area (Å²) >= 11 is 6.44. The zero-order chi connectivity index (χ0) is 17.3. The van der Waals surface area contributed by atoms with Crippen LogP contribution in [0.1, 0.15) is 38.3 Å². The molecule has 0 aliphatic rings. The Hall–Kier alpha value is -2.58. The van der Waals surface area contributed by atoms with Gasteiger partial charge in [0.25, 0.3) is 0 Å². The molecular formula is C18H17ClN4O. The van der Waals surface area contributed by atoms with E-state index in [4.69, 9.17) is 11.6 Å². The molecule has 6 heteroatoms. The van der Waals surface area contributed by atoms with Crippen LogP contribution in [0.25, 0.3) is 22.3 Å². The van der Waals surface area contributed by atoms with E-state index in [0.717, 1.165) is 12.8 Å². The molecule has 1 N–H and O–H groups in total. The maximum atomic E-state index is 12.5. The van der Waals surface area contributed by atoms with Gasteiger partial charge in [0.15, 0.2) is 5.65 Å². The maximum absolute atomic E-state index is 12.5. The molecule has 0 fully saturated rings. The van der Waals surface area contributed by atoms with Gasteiger partial charge in [-0.1, -0.05) is 43.6 Å². The average molecular weight is 341 g/mol. The van der Waals surface area contributed by atoms with Gasteiger partial charge in [0, 0.05) is 23.4 Å². The predicted octanol–water partition coefficient (Wildman–Crippen LogP) is 4.28. The highest BCUT2D eigenvalue weighted by molar-refractivity contribution is 6.34. The zero-order valence-corrected chi connectivity index (χ0v) is 14.3. The summed E-state index contributed by atoms with van der Waals surface area (Å²) in [5.41, 5.74) is 2.82. The van der Waals surface area contributed by atoms with Crippen molar-refractivity contribution < 1.29 is 0 Å². The molecule has 0 saturated carbocycles. The number of nitrogens with zero attached hydrogens (tertiary/aromatic N) is 3. The SMILES string of the molecule is CCC(CC)n1c(=O)[nH]c2ncc(Cl)c(-c3ccccc3C#N)c21. The van der Waals surface area contributed by atoms with E-state index in [-0.39, 0.29) is 11.7 Å². The Labute approximate surface area is 144 Å². The number of nitrogens with one attached hydrogen (secondary N) is 1. The van der Waals surface area contributed by atoms with E-state index in [1.165, 1.54) is 6.20 Å². The fourth-order valence-electron chi connectivity index (χ4n) is 3.12. The Morgan fingerprint density at radius 1 is 1.33 bits per heavy atom. The molecule has 0 unspecified atom stereocenters. The van der Waals surface area contributed by atoms with Crippen LogP contribution in [0, 0.1) is 11.3 Å². The number of hydrogen-bond donors (Lipinski definition) is 1. The lowest BCUT2D eigenvalue weighted by atomic mass is 10.00. The molecule has 0 aliphatic heterocycles. The number of fused-ring (bicyclic) bond motifs is 1. The first-order chi connectivity index (χ1) is 11.6. The molecule has 3 aromatic rings. The van der Waals surface area contributed by atoms with Crippen molar-refractivity contribution in [3.8, 4) is 17.2 Å².